The second kappa shape index (κ2) is 8.61. The van der Waals surface area contributed by atoms with Gasteiger partial charge in [0.15, 0.2) is 0 Å². The van der Waals surface area contributed by atoms with Crippen molar-refractivity contribution in [2.45, 2.75) is 51.6 Å². The molecule has 1 aromatic carbocycles. The van der Waals surface area contributed by atoms with Gasteiger partial charge >= 0.3 is 12.3 Å². The summed E-state index contributed by atoms with van der Waals surface area (Å²) >= 11 is 5.58. The summed E-state index contributed by atoms with van der Waals surface area (Å²) in [5, 5.41) is 2.03. The SMILES string of the molecule is CC(C)(C)OC(=O)N1CC(F)=CCC1C(=O)NCc1ccc(Cl)c(C(F)(F)F)c1. The highest BCUT2D eigenvalue weighted by atomic mass is 35.5. The molecule has 1 aromatic rings. The third-order valence-electron chi connectivity index (χ3n) is 3.99. The van der Waals surface area contributed by atoms with E-state index in [1.807, 2.05) is 0 Å². The first-order chi connectivity index (χ1) is 13.3. The molecule has 0 aromatic heterocycles. The molecule has 1 N–H and O–H groups in total. The molecule has 1 heterocycles. The number of nitrogens with one attached hydrogen (secondary N) is 1. The van der Waals surface area contributed by atoms with E-state index in [1.165, 1.54) is 12.1 Å². The van der Waals surface area contributed by atoms with Gasteiger partial charge in [0.2, 0.25) is 5.91 Å². The maximum absolute atomic E-state index is 13.7. The Morgan fingerprint density at radius 2 is 1.93 bits per heavy atom. The summed E-state index contributed by atoms with van der Waals surface area (Å²) in [6, 6.07) is 2.25. The summed E-state index contributed by atoms with van der Waals surface area (Å²) in [5.74, 6) is -1.21. The van der Waals surface area contributed by atoms with E-state index in [9.17, 15) is 27.2 Å². The molecule has 0 bridgehead atoms. The topological polar surface area (TPSA) is 58.6 Å². The fraction of sp³-hybridized carbons (Fsp3) is 0.474. The average molecular weight is 437 g/mol. The van der Waals surface area contributed by atoms with Crippen LogP contribution in [0.1, 0.15) is 38.3 Å². The molecule has 0 aliphatic carbocycles. The summed E-state index contributed by atoms with van der Waals surface area (Å²) < 4.78 is 57.8. The minimum absolute atomic E-state index is 0.0780. The van der Waals surface area contributed by atoms with Crippen molar-refractivity contribution in [3.05, 3.63) is 46.3 Å². The molecule has 2 amide bonds. The van der Waals surface area contributed by atoms with E-state index in [2.05, 4.69) is 5.32 Å². The van der Waals surface area contributed by atoms with Crippen LogP contribution in [-0.4, -0.2) is 35.1 Å². The number of alkyl halides is 3. The van der Waals surface area contributed by atoms with Crippen molar-refractivity contribution in [2.75, 3.05) is 6.54 Å². The van der Waals surface area contributed by atoms with Crippen LogP contribution in [0.25, 0.3) is 0 Å². The molecule has 1 aliphatic rings. The second-order valence-electron chi connectivity index (χ2n) is 7.54. The van der Waals surface area contributed by atoms with Gasteiger partial charge in [-0.1, -0.05) is 17.7 Å². The number of halogens is 5. The lowest BCUT2D eigenvalue weighted by atomic mass is 10.1. The molecule has 1 unspecified atom stereocenters. The van der Waals surface area contributed by atoms with Crippen molar-refractivity contribution < 1.29 is 31.9 Å². The van der Waals surface area contributed by atoms with Crippen LogP contribution in [0.2, 0.25) is 5.02 Å². The molecular weight excluding hydrogens is 416 g/mol. The molecule has 0 saturated carbocycles. The Bertz CT molecular complexity index is 819. The van der Waals surface area contributed by atoms with E-state index in [1.54, 1.807) is 20.8 Å². The minimum atomic E-state index is -4.63. The fourth-order valence-corrected chi connectivity index (χ4v) is 2.90. The zero-order chi connectivity index (χ0) is 22.0. The maximum Gasteiger partial charge on any atom is 0.417 e. The number of carbonyl (C=O) groups is 2. The van der Waals surface area contributed by atoms with Crippen LogP contribution in [0.4, 0.5) is 22.4 Å². The van der Waals surface area contributed by atoms with E-state index >= 15 is 0 Å². The molecule has 1 aliphatic heterocycles. The number of amides is 2. The summed E-state index contributed by atoms with van der Waals surface area (Å²) in [6.45, 7) is 4.26. The van der Waals surface area contributed by atoms with Crippen LogP contribution in [0.15, 0.2) is 30.1 Å². The monoisotopic (exact) mass is 436 g/mol. The van der Waals surface area contributed by atoms with Gasteiger partial charge in [0.05, 0.1) is 17.1 Å². The molecule has 1 atom stereocenters. The van der Waals surface area contributed by atoms with Crippen molar-refractivity contribution in [1.82, 2.24) is 10.2 Å². The van der Waals surface area contributed by atoms with E-state index in [4.69, 9.17) is 16.3 Å². The van der Waals surface area contributed by atoms with Crippen molar-refractivity contribution in [2.24, 2.45) is 0 Å². The molecule has 5 nitrogen and oxygen atoms in total. The summed E-state index contributed by atoms with van der Waals surface area (Å²) in [4.78, 5) is 25.8. The molecule has 29 heavy (non-hydrogen) atoms. The smallest absolute Gasteiger partial charge is 0.417 e. The predicted molar refractivity (Wildman–Crippen MR) is 98.8 cm³/mol. The molecule has 0 spiro atoms. The maximum atomic E-state index is 13.7. The normalized spacial score (nSPS) is 17.6. The highest BCUT2D eigenvalue weighted by Gasteiger charge is 2.36. The van der Waals surface area contributed by atoms with Crippen LogP contribution in [0.3, 0.4) is 0 Å². The lowest BCUT2D eigenvalue weighted by molar-refractivity contribution is -0.137. The van der Waals surface area contributed by atoms with Crippen LogP contribution in [-0.2, 0) is 22.3 Å². The second-order valence-corrected chi connectivity index (χ2v) is 7.95. The van der Waals surface area contributed by atoms with Crippen molar-refractivity contribution in [3.63, 3.8) is 0 Å². The van der Waals surface area contributed by atoms with Gasteiger partial charge in [-0.3, -0.25) is 9.69 Å². The van der Waals surface area contributed by atoms with Crippen molar-refractivity contribution in [1.29, 1.82) is 0 Å². The summed E-state index contributed by atoms with van der Waals surface area (Å²) in [5.41, 5.74) is -1.67. The highest BCUT2D eigenvalue weighted by Crippen LogP contribution is 2.35. The number of rotatable bonds is 3. The Morgan fingerprint density at radius 1 is 1.28 bits per heavy atom. The van der Waals surface area contributed by atoms with Crippen LogP contribution in [0, 0.1) is 0 Å². The zero-order valence-electron chi connectivity index (χ0n) is 16.1. The Balaban J connectivity index is 2.11. The van der Waals surface area contributed by atoms with E-state index < -0.39 is 52.8 Å². The molecule has 10 heteroatoms. The Labute approximate surface area is 170 Å². The minimum Gasteiger partial charge on any atom is -0.444 e. The lowest BCUT2D eigenvalue weighted by Crippen LogP contribution is -2.52. The van der Waals surface area contributed by atoms with Gasteiger partial charge in [0.25, 0.3) is 0 Å². The first-order valence-electron chi connectivity index (χ1n) is 8.75. The van der Waals surface area contributed by atoms with E-state index in [-0.39, 0.29) is 18.5 Å². The molecule has 0 saturated heterocycles. The van der Waals surface area contributed by atoms with Crippen LogP contribution >= 0.6 is 11.6 Å². The Hall–Kier alpha value is -2.29. The van der Waals surface area contributed by atoms with Gasteiger partial charge in [-0.2, -0.15) is 13.2 Å². The van der Waals surface area contributed by atoms with Gasteiger partial charge in [-0.25, -0.2) is 9.18 Å². The van der Waals surface area contributed by atoms with Gasteiger partial charge in [0, 0.05) is 6.54 Å². The fourth-order valence-electron chi connectivity index (χ4n) is 2.67. The number of hydrogen-bond donors (Lipinski definition) is 1. The third kappa shape index (κ3) is 6.35. The molecule has 0 radical (unpaired) electrons. The Morgan fingerprint density at radius 3 is 2.52 bits per heavy atom. The quantitative estimate of drug-likeness (QED) is 0.690. The van der Waals surface area contributed by atoms with Crippen LogP contribution in [0.5, 0.6) is 0 Å². The van der Waals surface area contributed by atoms with Crippen LogP contribution < -0.4 is 5.32 Å². The largest absolute Gasteiger partial charge is 0.444 e. The number of benzene rings is 1. The third-order valence-corrected chi connectivity index (χ3v) is 4.32. The summed E-state index contributed by atoms with van der Waals surface area (Å²) in [7, 11) is 0. The first-order valence-corrected chi connectivity index (χ1v) is 9.13. The number of nitrogens with zero attached hydrogens (tertiary/aromatic N) is 1. The van der Waals surface area contributed by atoms with Crippen molar-refractivity contribution in [3.8, 4) is 0 Å². The molecular formula is C19H21ClF4N2O3. The average Bonchev–Trinajstić information content (AvgIpc) is 2.58. The first kappa shape index (κ1) is 23.0. The molecule has 2 rings (SSSR count). The predicted octanol–water partition coefficient (Wildman–Crippen LogP) is 4.84. The number of ether oxygens (including phenoxy) is 1. The van der Waals surface area contributed by atoms with Gasteiger partial charge < -0.3 is 10.1 Å². The van der Waals surface area contributed by atoms with Gasteiger partial charge in [0.1, 0.15) is 17.5 Å². The zero-order valence-corrected chi connectivity index (χ0v) is 16.8. The molecule has 160 valence electrons. The van der Waals surface area contributed by atoms with Gasteiger partial charge in [-0.15, -0.1) is 0 Å². The summed E-state index contributed by atoms with van der Waals surface area (Å²) in [6.07, 6.45) is -4.37. The lowest BCUT2D eigenvalue weighted by Gasteiger charge is -2.34. The number of hydrogen-bond acceptors (Lipinski definition) is 3. The van der Waals surface area contributed by atoms with E-state index in [0.717, 1.165) is 17.0 Å². The van der Waals surface area contributed by atoms with Crippen molar-refractivity contribution >= 4 is 23.6 Å². The Kier molecular flexibility index (Phi) is 6.82. The standard InChI is InChI=1S/C19H21ClF4N2O3/c1-18(2,3)29-17(28)26-10-12(21)5-7-15(26)16(27)25-9-11-4-6-14(20)13(8-11)19(22,23)24/h4-6,8,15H,7,9-10H2,1-3H3,(H,25,27). The highest BCUT2D eigenvalue weighted by molar-refractivity contribution is 6.31. The van der Waals surface area contributed by atoms with Gasteiger partial charge in [-0.05, 0) is 51.0 Å². The number of carbonyl (C=O) groups excluding carboxylic acids is 2. The van der Waals surface area contributed by atoms with E-state index in [0.29, 0.717) is 0 Å². The molecule has 0 fully saturated rings.